The van der Waals surface area contributed by atoms with Gasteiger partial charge in [-0.1, -0.05) is 37.0 Å². The van der Waals surface area contributed by atoms with Gasteiger partial charge in [0.15, 0.2) is 0 Å². The molecule has 0 aromatic heterocycles. The first-order chi connectivity index (χ1) is 12.5. The van der Waals surface area contributed by atoms with Crippen molar-refractivity contribution in [2.75, 3.05) is 25.0 Å². The zero-order chi connectivity index (χ0) is 20.3. The Balaban J connectivity index is 0.00000392. The van der Waals surface area contributed by atoms with Crippen molar-refractivity contribution in [3.8, 4) is 0 Å². The molecular weight excluding hydrogens is 435 g/mol. The van der Waals surface area contributed by atoms with Gasteiger partial charge in [0, 0.05) is 54.0 Å². The van der Waals surface area contributed by atoms with Gasteiger partial charge >= 0.3 is 0 Å². The van der Waals surface area contributed by atoms with Crippen molar-refractivity contribution in [1.29, 1.82) is 0 Å². The van der Waals surface area contributed by atoms with Gasteiger partial charge in [-0.25, -0.2) is 0 Å². The van der Waals surface area contributed by atoms with Crippen molar-refractivity contribution in [2.24, 2.45) is 10.4 Å². The van der Waals surface area contributed by atoms with E-state index < -0.39 is 0 Å². The molecular formula is C21H34Cl2FeN4. The summed E-state index contributed by atoms with van der Waals surface area (Å²) in [5.74, 6) is 0. The maximum Gasteiger partial charge on any atom is 0.0873 e. The number of hydrogen-bond acceptors (Lipinski definition) is 4. The molecule has 0 amide bonds. The molecule has 1 aliphatic rings. The number of anilines is 1. The third-order valence-corrected chi connectivity index (χ3v) is 6.37. The molecule has 4 nitrogen and oxygen atoms in total. The minimum atomic E-state index is -0.234. The van der Waals surface area contributed by atoms with Gasteiger partial charge in [0.05, 0.1) is 21.4 Å². The first-order valence-electron chi connectivity index (χ1n) is 9.80. The fourth-order valence-corrected chi connectivity index (χ4v) is 3.42. The maximum absolute atomic E-state index is 6.25. The van der Waals surface area contributed by atoms with Crippen LogP contribution >= 0.6 is 23.2 Å². The van der Waals surface area contributed by atoms with Crippen LogP contribution < -0.4 is 16.0 Å². The molecule has 1 heterocycles. The molecule has 28 heavy (non-hydrogen) atoms. The van der Waals surface area contributed by atoms with Gasteiger partial charge < -0.3 is 16.0 Å². The summed E-state index contributed by atoms with van der Waals surface area (Å²) in [4.78, 5) is 4.74. The second-order valence-corrected chi connectivity index (χ2v) is 9.73. The fraction of sp³-hybridized carbons (Fsp3) is 0.667. The van der Waals surface area contributed by atoms with E-state index in [4.69, 9.17) is 28.2 Å². The zero-order valence-corrected chi connectivity index (χ0v) is 20.4. The van der Waals surface area contributed by atoms with E-state index in [0.29, 0.717) is 10.0 Å². The smallest absolute Gasteiger partial charge is 0.0873 e. The van der Waals surface area contributed by atoms with Crippen molar-refractivity contribution in [1.82, 2.24) is 10.6 Å². The van der Waals surface area contributed by atoms with Crippen LogP contribution in [0.5, 0.6) is 0 Å². The van der Waals surface area contributed by atoms with E-state index in [1.54, 1.807) is 0 Å². The molecule has 0 bridgehead atoms. The van der Waals surface area contributed by atoms with E-state index in [1.807, 2.05) is 18.3 Å². The summed E-state index contributed by atoms with van der Waals surface area (Å²) in [5, 5.41) is 12.0. The Bertz CT molecular complexity index is 685. The number of nitrogens with zero attached hydrogens (tertiary/aromatic N) is 1. The summed E-state index contributed by atoms with van der Waals surface area (Å²) in [6, 6.07) is 3.68. The summed E-state index contributed by atoms with van der Waals surface area (Å²) < 4.78 is 0. The molecule has 0 aliphatic carbocycles. The molecule has 0 fully saturated rings. The predicted molar refractivity (Wildman–Crippen MR) is 120 cm³/mol. The first kappa shape index (κ1) is 25.7. The van der Waals surface area contributed by atoms with Crippen molar-refractivity contribution in [2.45, 2.75) is 65.5 Å². The van der Waals surface area contributed by atoms with Crippen LogP contribution in [0.15, 0.2) is 17.1 Å². The molecule has 2 rings (SSSR count). The fourth-order valence-electron chi connectivity index (χ4n) is 3.09. The second kappa shape index (κ2) is 10.1. The third kappa shape index (κ3) is 6.90. The number of aliphatic imine (C=N–C) groups is 1. The van der Waals surface area contributed by atoms with Gasteiger partial charge in [-0.05, 0) is 58.1 Å². The quantitative estimate of drug-likeness (QED) is 0.490. The van der Waals surface area contributed by atoms with E-state index in [9.17, 15) is 0 Å². The number of fused-ring (bicyclic) bond motifs is 1. The number of halogens is 2. The molecule has 1 aromatic carbocycles. The van der Waals surface area contributed by atoms with Crippen LogP contribution in [0.3, 0.4) is 0 Å². The topological polar surface area (TPSA) is 48.5 Å². The average Bonchev–Trinajstić information content (AvgIpc) is 2.62. The van der Waals surface area contributed by atoms with E-state index in [2.05, 4.69) is 57.5 Å². The van der Waals surface area contributed by atoms with Gasteiger partial charge in [-0.3, -0.25) is 4.99 Å². The van der Waals surface area contributed by atoms with Crippen LogP contribution in [0, 0.1) is 5.41 Å². The van der Waals surface area contributed by atoms with Gasteiger partial charge in [-0.15, -0.1) is 0 Å². The standard InChI is InChI=1S/C21H34Cl2N4.Fe/c1-7-21(8-2)13-26-19(3,4)11-24-17-9-15(22)16(23)10-18(17)25-12-20(5,6)27-14-21;/h9-11,25-27H,7-8,12-14H2,1-6H3;. The van der Waals surface area contributed by atoms with Crippen LogP contribution in [-0.4, -0.2) is 36.9 Å². The number of benzene rings is 1. The molecule has 0 saturated carbocycles. The summed E-state index contributed by atoms with van der Waals surface area (Å²) in [6.07, 6.45) is 4.20. The minimum absolute atomic E-state index is 0. The van der Waals surface area contributed by atoms with E-state index in [-0.39, 0.29) is 33.6 Å². The van der Waals surface area contributed by atoms with Crippen molar-refractivity contribution >= 4 is 40.8 Å². The summed E-state index contributed by atoms with van der Waals surface area (Å²) in [6.45, 7) is 15.9. The van der Waals surface area contributed by atoms with Gasteiger partial charge in [0.1, 0.15) is 0 Å². The van der Waals surface area contributed by atoms with Crippen LogP contribution in [0.2, 0.25) is 10.0 Å². The van der Waals surface area contributed by atoms with Crippen molar-refractivity contribution in [3.05, 3.63) is 22.2 Å². The Morgan fingerprint density at radius 2 is 1.50 bits per heavy atom. The van der Waals surface area contributed by atoms with E-state index in [0.717, 1.165) is 43.9 Å². The van der Waals surface area contributed by atoms with Crippen LogP contribution in [-0.2, 0) is 17.1 Å². The van der Waals surface area contributed by atoms with Crippen LogP contribution in [0.4, 0.5) is 11.4 Å². The van der Waals surface area contributed by atoms with Crippen LogP contribution in [0.25, 0.3) is 0 Å². The number of nitrogens with one attached hydrogen (secondary N) is 3. The van der Waals surface area contributed by atoms with Crippen molar-refractivity contribution in [3.63, 3.8) is 0 Å². The predicted octanol–water partition coefficient (Wildman–Crippen LogP) is 5.66. The molecule has 160 valence electrons. The molecule has 7 heteroatoms. The molecule has 1 aliphatic heterocycles. The van der Waals surface area contributed by atoms with E-state index in [1.165, 1.54) is 0 Å². The Labute approximate surface area is 191 Å². The normalized spacial score (nSPS) is 21.1. The molecule has 0 spiro atoms. The Kier molecular flexibility index (Phi) is 9.33. The van der Waals surface area contributed by atoms with Crippen LogP contribution in [0.1, 0.15) is 54.4 Å². The second-order valence-electron chi connectivity index (χ2n) is 8.92. The summed E-state index contributed by atoms with van der Waals surface area (Å²) >= 11 is 12.5. The molecule has 0 radical (unpaired) electrons. The van der Waals surface area contributed by atoms with Gasteiger partial charge in [-0.2, -0.15) is 0 Å². The largest absolute Gasteiger partial charge is 0.381 e. The van der Waals surface area contributed by atoms with Crippen molar-refractivity contribution < 1.29 is 17.1 Å². The van der Waals surface area contributed by atoms with E-state index >= 15 is 0 Å². The minimum Gasteiger partial charge on any atom is -0.381 e. The number of hydrogen-bond donors (Lipinski definition) is 3. The summed E-state index contributed by atoms with van der Waals surface area (Å²) in [5.41, 5.74) is 1.58. The summed E-state index contributed by atoms with van der Waals surface area (Å²) in [7, 11) is 0. The molecule has 0 atom stereocenters. The molecule has 3 N–H and O–H groups in total. The number of rotatable bonds is 2. The average molecular weight is 469 g/mol. The Hall–Kier alpha value is -0.291. The Morgan fingerprint density at radius 1 is 0.929 bits per heavy atom. The molecule has 0 unspecified atom stereocenters. The SMILES string of the molecule is CCC1(CC)CNC(C)(C)C=Nc2cc(Cl)c(Cl)cc2NCC(C)(C)NC1.[Fe]. The van der Waals surface area contributed by atoms with Gasteiger partial charge in [0.25, 0.3) is 0 Å². The maximum atomic E-state index is 6.25. The molecule has 1 aromatic rings. The molecule has 0 saturated heterocycles. The zero-order valence-electron chi connectivity index (χ0n) is 17.8. The first-order valence-corrected chi connectivity index (χ1v) is 10.6. The third-order valence-electron chi connectivity index (χ3n) is 5.65. The van der Waals surface area contributed by atoms with Gasteiger partial charge in [0.2, 0.25) is 0 Å². The Morgan fingerprint density at radius 3 is 2.11 bits per heavy atom. The monoisotopic (exact) mass is 468 g/mol.